The molecule has 0 unspecified atom stereocenters. The van der Waals surface area contributed by atoms with Crippen LogP contribution in [-0.4, -0.2) is 50.9 Å². The normalized spacial score (nSPS) is 10.3. The Morgan fingerprint density at radius 2 is 2.11 bits per heavy atom. The fourth-order valence-corrected chi connectivity index (χ4v) is 1.63. The van der Waals surface area contributed by atoms with Gasteiger partial charge in [0.15, 0.2) is 5.78 Å². The van der Waals surface area contributed by atoms with E-state index >= 15 is 0 Å². The van der Waals surface area contributed by atoms with Crippen molar-refractivity contribution in [1.82, 2.24) is 10.2 Å². The van der Waals surface area contributed by atoms with Gasteiger partial charge in [-0.2, -0.15) is 0 Å². The van der Waals surface area contributed by atoms with Crippen molar-refractivity contribution in [3.8, 4) is 5.75 Å². The van der Waals surface area contributed by atoms with Gasteiger partial charge in [-0.3, -0.25) is 14.5 Å². The standard InChI is InChI=1S/C14H20N2O3/c1-15-14(18)7-8-16(2)10-13(17)11-5-4-6-12(9-11)19-3/h4-6,9H,7-8,10H2,1-3H3,(H,15,18). The molecule has 0 saturated heterocycles. The molecule has 104 valence electrons. The van der Waals surface area contributed by atoms with Gasteiger partial charge >= 0.3 is 0 Å². The van der Waals surface area contributed by atoms with Gasteiger partial charge in [-0.15, -0.1) is 0 Å². The Balaban J connectivity index is 2.51. The first-order valence-electron chi connectivity index (χ1n) is 6.13. The molecule has 1 amide bonds. The van der Waals surface area contributed by atoms with Crippen molar-refractivity contribution in [3.63, 3.8) is 0 Å². The van der Waals surface area contributed by atoms with Crippen LogP contribution >= 0.6 is 0 Å². The highest BCUT2D eigenvalue weighted by Gasteiger charge is 2.11. The average Bonchev–Trinajstić information content (AvgIpc) is 2.44. The Labute approximate surface area is 113 Å². The number of likely N-dealkylation sites (N-methyl/N-ethyl adjacent to an activating group) is 1. The first kappa shape index (κ1) is 15.2. The molecule has 1 aromatic rings. The molecule has 0 saturated carbocycles. The Kier molecular flexibility index (Phi) is 6.02. The number of Topliss-reactive ketones (excluding diaryl/α,β-unsaturated/α-hetero) is 1. The third kappa shape index (κ3) is 5.09. The maximum Gasteiger partial charge on any atom is 0.221 e. The second-order valence-electron chi connectivity index (χ2n) is 4.32. The number of benzene rings is 1. The summed E-state index contributed by atoms with van der Waals surface area (Å²) in [6.07, 6.45) is 0.387. The highest BCUT2D eigenvalue weighted by atomic mass is 16.5. The minimum atomic E-state index is -0.0271. The molecule has 19 heavy (non-hydrogen) atoms. The van der Waals surface area contributed by atoms with E-state index in [1.807, 2.05) is 11.9 Å². The third-order valence-electron chi connectivity index (χ3n) is 2.80. The number of hydrogen-bond acceptors (Lipinski definition) is 4. The number of nitrogens with one attached hydrogen (secondary N) is 1. The van der Waals surface area contributed by atoms with Crippen LogP contribution in [0.4, 0.5) is 0 Å². The molecule has 1 aromatic carbocycles. The first-order valence-corrected chi connectivity index (χ1v) is 6.13. The molecule has 0 atom stereocenters. The Hall–Kier alpha value is -1.88. The van der Waals surface area contributed by atoms with Gasteiger partial charge < -0.3 is 10.1 Å². The lowest BCUT2D eigenvalue weighted by atomic mass is 10.1. The third-order valence-corrected chi connectivity index (χ3v) is 2.80. The van der Waals surface area contributed by atoms with E-state index in [0.717, 1.165) is 0 Å². The Morgan fingerprint density at radius 3 is 2.74 bits per heavy atom. The second kappa shape index (κ2) is 7.53. The van der Waals surface area contributed by atoms with Crippen molar-refractivity contribution in [2.45, 2.75) is 6.42 Å². The molecule has 5 heteroatoms. The number of ether oxygens (including phenoxy) is 1. The number of carbonyl (C=O) groups excluding carboxylic acids is 2. The summed E-state index contributed by atoms with van der Waals surface area (Å²) in [6, 6.07) is 7.06. The van der Waals surface area contributed by atoms with E-state index in [9.17, 15) is 9.59 Å². The van der Waals surface area contributed by atoms with E-state index in [4.69, 9.17) is 4.74 Å². The van der Waals surface area contributed by atoms with Crippen LogP contribution in [0.15, 0.2) is 24.3 Å². The highest BCUT2D eigenvalue weighted by Crippen LogP contribution is 2.13. The maximum atomic E-state index is 12.0. The summed E-state index contributed by atoms with van der Waals surface area (Å²) in [4.78, 5) is 25.0. The van der Waals surface area contributed by atoms with Crippen LogP contribution in [0.2, 0.25) is 0 Å². The van der Waals surface area contributed by atoms with Gasteiger partial charge in [0.2, 0.25) is 5.91 Å². The number of rotatable bonds is 7. The molecule has 0 aliphatic carbocycles. The topological polar surface area (TPSA) is 58.6 Å². The van der Waals surface area contributed by atoms with Crippen LogP contribution in [0.3, 0.4) is 0 Å². The van der Waals surface area contributed by atoms with Crippen LogP contribution in [-0.2, 0) is 4.79 Å². The van der Waals surface area contributed by atoms with Crippen LogP contribution in [0.1, 0.15) is 16.8 Å². The number of hydrogen-bond donors (Lipinski definition) is 1. The van der Waals surface area contributed by atoms with Crippen molar-refractivity contribution in [3.05, 3.63) is 29.8 Å². The molecule has 0 aromatic heterocycles. The zero-order valence-electron chi connectivity index (χ0n) is 11.6. The van der Waals surface area contributed by atoms with Gasteiger partial charge in [0.25, 0.3) is 0 Å². The lowest BCUT2D eigenvalue weighted by molar-refractivity contribution is -0.120. The smallest absolute Gasteiger partial charge is 0.221 e. The van der Waals surface area contributed by atoms with E-state index in [0.29, 0.717) is 24.3 Å². The monoisotopic (exact) mass is 264 g/mol. The van der Waals surface area contributed by atoms with Crippen molar-refractivity contribution >= 4 is 11.7 Å². The summed E-state index contributed by atoms with van der Waals surface area (Å²) in [5.74, 6) is 0.651. The fraction of sp³-hybridized carbons (Fsp3) is 0.429. The molecule has 0 heterocycles. The molecular weight excluding hydrogens is 244 g/mol. The average molecular weight is 264 g/mol. The number of amides is 1. The van der Waals surface area contributed by atoms with Crippen molar-refractivity contribution in [2.75, 3.05) is 34.3 Å². The van der Waals surface area contributed by atoms with Crippen molar-refractivity contribution in [1.29, 1.82) is 0 Å². The van der Waals surface area contributed by atoms with Crippen molar-refractivity contribution < 1.29 is 14.3 Å². The van der Waals surface area contributed by atoms with Gasteiger partial charge in [-0.1, -0.05) is 12.1 Å². The highest BCUT2D eigenvalue weighted by molar-refractivity contribution is 5.97. The molecule has 5 nitrogen and oxygen atoms in total. The Morgan fingerprint density at radius 1 is 1.37 bits per heavy atom. The predicted molar refractivity (Wildman–Crippen MR) is 73.5 cm³/mol. The summed E-state index contributed by atoms with van der Waals surface area (Å²) < 4.78 is 5.08. The predicted octanol–water partition coefficient (Wildman–Crippen LogP) is 0.946. The molecular formula is C14H20N2O3. The van der Waals surface area contributed by atoms with E-state index in [-0.39, 0.29) is 18.2 Å². The van der Waals surface area contributed by atoms with E-state index in [1.54, 1.807) is 38.4 Å². The minimum Gasteiger partial charge on any atom is -0.497 e. The Bertz CT molecular complexity index is 446. The van der Waals surface area contributed by atoms with Gasteiger partial charge in [-0.05, 0) is 19.2 Å². The van der Waals surface area contributed by atoms with Gasteiger partial charge in [-0.25, -0.2) is 0 Å². The molecule has 1 rings (SSSR count). The van der Waals surface area contributed by atoms with Crippen LogP contribution in [0.25, 0.3) is 0 Å². The number of ketones is 1. The molecule has 0 aliphatic heterocycles. The van der Waals surface area contributed by atoms with E-state index in [2.05, 4.69) is 5.32 Å². The zero-order valence-corrected chi connectivity index (χ0v) is 11.6. The molecule has 0 aliphatic rings. The lowest BCUT2D eigenvalue weighted by Crippen LogP contribution is -2.30. The van der Waals surface area contributed by atoms with Gasteiger partial charge in [0, 0.05) is 25.6 Å². The summed E-state index contributed by atoms with van der Waals surface area (Å²) in [7, 11) is 4.99. The number of carbonyl (C=O) groups is 2. The number of methoxy groups -OCH3 is 1. The summed E-state index contributed by atoms with van der Waals surface area (Å²) >= 11 is 0. The molecule has 0 spiro atoms. The number of nitrogens with zero attached hydrogens (tertiary/aromatic N) is 1. The largest absolute Gasteiger partial charge is 0.497 e. The van der Waals surface area contributed by atoms with Crippen LogP contribution < -0.4 is 10.1 Å². The van der Waals surface area contributed by atoms with E-state index in [1.165, 1.54) is 0 Å². The minimum absolute atomic E-state index is 0.0123. The quantitative estimate of drug-likeness (QED) is 0.745. The molecule has 1 N–H and O–H groups in total. The molecule has 0 fully saturated rings. The van der Waals surface area contributed by atoms with Crippen LogP contribution in [0, 0.1) is 0 Å². The summed E-state index contributed by atoms with van der Waals surface area (Å²) in [6.45, 7) is 0.833. The summed E-state index contributed by atoms with van der Waals surface area (Å²) in [5.41, 5.74) is 0.617. The maximum absolute atomic E-state index is 12.0. The van der Waals surface area contributed by atoms with Gasteiger partial charge in [0.1, 0.15) is 5.75 Å². The lowest BCUT2D eigenvalue weighted by Gasteiger charge is -2.15. The van der Waals surface area contributed by atoms with Crippen molar-refractivity contribution in [2.24, 2.45) is 0 Å². The molecule has 0 radical (unpaired) electrons. The zero-order chi connectivity index (χ0) is 14.3. The first-order chi connectivity index (χ1) is 9.06. The summed E-state index contributed by atoms with van der Waals surface area (Å²) in [5, 5.41) is 2.55. The van der Waals surface area contributed by atoms with Gasteiger partial charge in [0.05, 0.1) is 13.7 Å². The second-order valence-corrected chi connectivity index (χ2v) is 4.32. The SMILES string of the molecule is CNC(=O)CCN(C)CC(=O)c1cccc(OC)c1. The molecule has 0 bridgehead atoms. The fourth-order valence-electron chi connectivity index (χ4n) is 1.63. The van der Waals surface area contributed by atoms with Crippen LogP contribution in [0.5, 0.6) is 5.75 Å². The van der Waals surface area contributed by atoms with E-state index < -0.39 is 0 Å².